The fraction of sp³-hybridized carbons (Fsp3) is 0.353. The normalized spacial score (nSPS) is 14.6. The van der Waals surface area contributed by atoms with Crippen LogP contribution in [0.25, 0.3) is 0 Å². The summed E-state index contributed by atoms with van der Waals surface area (Å²) in [6, 6.07) is 11.0. The van der Waals surface area contributed by atoms with Gasteiger partial charge in [-0.25, -0.2) is 4.39 Å². The van der Waals surface area contributed by atoms with Crippen molar-refractivity contribution in [2.24, 2.45) is 0 Å². The average Bonchev–Trinajstić information content (AvgIpc) is 3.21. The first-order valence-electron chi connectivity index (χ1n) is 7.28. The molecule has 1 fully saturated rings. The number of carbonyl (C=O) groups is 1. The number of hydrogen-bond donors (Lipinski definition) is 0. The van der Waals surface area contributed by atoms with Crippen molar-refractivity contribution in [3.63, 3.8) is 0 Å². The molecular weight excluding hydrogens is 285 g/mol. The van der Waals surface area contributed by atoms with E-state index in [1.54, 1.807) is 29.5 Å². The van der Waals surface area contributed by atoms with Crippen LogP contribution in [0, 0.1) is 5.82 Å². The highest BCUT2D eigenvalue weighted by Crippen LogP contribution is 2.29. The monoisotopic (exact) mass is 303 g/mol. The molecule has 2 aromatic rings. The summed E-state index contributed by atoms with van der Waals surface area (Å²) < 4.78 is 13.6. The zero-order chi connectivity index (χ0) is 14.7. The van der Waals surface area contributed by atoms with Gasteiger partial charge in [0, 0.05) is 30.4 Å². The number of thiophene rings is 1. The van der Waals surface area contributed by atoms with Gasteiger partial charge in [-0.05, 0) is 36.4 Å². The van der Waals surface area contributed by atoms with Crippen molar-refractivity contribution < 1.29 is 9.18 Å². The van der Waals surface area contributed by atoms with Crippen molar-refractivity contribution >= 4 is 17.1 Å². The van der Waals surface area contributed by atoms with Crippen LogP contribution < -0.4 is 0 Å². The van der Waals surface area contributed by atoms with Crippen LogP contribution in [0.2, 0.25) is 0 Å². The van der Waals surface area contributed by atoms with Crippen LogP contribution in [0.1, 0.15) is 34.5 Å². The number of benzene rings is 1. The molecule has 0 spiro atoms. The van der Waals surface area contributed by atoms with E-state index in [2.05, 4.69) is 22.4 Å². The van der Waals surface area contributed by atoms with E-state index in [9.17, 15) is 9.18 Å². The lowest BCUT2D eigenvalue weighted by molar-refractivity contribution is 0.0956. The Kier molecular flexibility index (Phi) is 4.46. The molecule has 3 rings (SSSR count). The Bertz CT molecular complexity index is 607. The molecule has 4 heteroatoms. The van der Waals surface area contributed by atoms with E-state index < -0.39 is 5.82 Å². The molecule has 110 valence electrons. The summed E-state index contributed by atoms with van der Waals surface area (Å²) in [6.45, 7) is 1.60. The number of halogens is 1. The minimum absolute atomic E-state index is 0.107. The lowest BCUT2D eigenvalue weighted by atomic mass is 10.1. The maximum absolute atomic E-state index is 13.6. The van der Waals surface area contributed by atoms with Crippen molar-refractivity contribution in [3.05, 3.63) is 58.0 Å². The smallest absolute Gasteiger partial charge is 0.167 e. The molecule has 0 aliphatic heterocycles. The van der Waals surface area contributed by atoms with Crippen LogP contribution in [0.15, 0.2) is 41.8 Å². The molecule has 0 N–H and O–H groups in total. The van der Waals surface area contributed by atoms with Crippen molar-refractivity contribution in [1.82, 2.24) is 4.90 Å². The maximum atomic E-state index is 13.6. The summed E-state index contributed by atoms with van der Waals surface area (Å²) >= 11 is 1.74. The highest BCUT2D eigenvalue weighted by Gasteiger charge is 2.29. The molecule has 0 saturated heterocycles. The Morgan fingerprint density at radius 3 is 2.71 bits per heavy atom. The van der Waals surface area contributed by atoms with Gasteiger partial charge >= 0.3 is 0 Å². The molecule has 0 unspecified atom stereocenters. The van der Waals surface area contributed by atoms with Crippen LogP contribution in [-0.2, 0) is 6.54 Å². The van der Waals surface area contributed by atoms with Crippen LogP contribution in [0.5, 0.6) is 0 Å². The predicted molar refractivity (Wildman–Crippen MR) is 83.1 cm³/mol. The highest BCUT2D eigenvalue weighted by molar-refractivity contribution is 7.09. The predicted octanol–water partition coefficient (Wildman–Crippen LogP) is 4.12. The topological polar surface area (TPSA) is 20.3 Å². The third kappa shape index (κ3) is 3.77. The van der Waals surface area contributed by atoms with Gasteiger partial charge in [-0.1, -0.05) is 18.2 Å². The van der Waals surface area contributed by atoms with Crippen molar-refractivity contribution in [3.8, 4) is 0 Å². The third-order valence-corrected chi connectivity index (χ3v) is 4.66. The average molecular weight is 303 g/mol. The van der Waals surface area contributed by atoms with Gasteiger partial charge in [0.05, 0.1) is 5.56 Å². The SMILES string of the molecule is O=C(CCN(Cc1cccs1)C1CC1)c1ccccc1F. The van der Waals surface area contributed by atoms with Gasteiger partial charge in [-0.2, -0.15) is 0 Å². The molecular formula is C17H18FNOS. The molecule has 0 bridgehead atoms. The molecule has 1 saturated carbocycles. The standard InChI is InChI=1S/C17H18FNOS/c18-16-6-2-1-5-15(16)17(20)9-10-19(13-7-8-13)12-14-4-3-11-21-14/h1-6,11,13H,7-10,12H2. The third-order valence-electron chi connectivity index (χ3n) is 3.80. The molecule has 0 amide bonds. The number of Topliss-reactive ketones (excluding diaryl/α,β-unsaturated/α-hetero) is 1. The Morgan fingerprint density at radius 2 is 2.05 bits per heavy atom. The summed E-state index contributed by atoms with van der Waals surface area (Å²) in [5.41, 5.74) is 0.212. The zero-order valence-corrected chi connectivity index (χ0v) is 12.6. The second-order valence-corrected chi connectivity index (χ2v) is 6.47. The lowest BCUT2D eigenvalue weighted by Crippen LogP contribution is -2.28. The molecule has 1 aromatic heterocycles. The number of rotatable bonds is 7. The van der Waals surface area contributed by atoms with Gasteiger partial charge in [-0.15, -0.1) is 11.3 Å². The van der Waals surface area contributed by atoms with Crippen molar-refractivity contribution in [2.45, 2.75) is 31.8 Å². The molecule has 21 heavy (non-hydrogen) atoms. The Balaban J connectivity index is 1.59. The lowest BCUT2D eigenvalue weighted by Gasteiger charge is -2.20. The summed E-state index contributed by atoms with van der Waals surface area (Å²) in [4.78, 5) is 15.8. The summed E-state index contributed by atoms with van der Waals surface area (Å²) in [5.74, 6) is -0.524. The van der Waals surface area contributed by atoms with Crippen LogP contribution in [0.4, 0.5) is 4.39 Å². The molecule has 1 aliphatic carbocycles. The molecule has 0 radical (unpaired) electrons. The van der Waals surface area contributed by atoms with E-state index in [0.717, 1.165) is 6.54 Å². The number of ketones is 1. The van der Waals surface area contributed by atoms with Crippen molar-refractivity contribution in [2.75, 3.05) is 6.54 Å². The first-order chi connectivity index (χ1) is 10.2. The largest absolute Gasteiger partial charge is 0.295 e. The Labute approximate surface area is 128 Å². The minimum atomic E-state index is -0.418. The van der Waals surface area contributed by atoms with Crippen molar-refractivity contribution in [1.29, 1.82) is 0 Å². The number of hydrogen-bond acceptors (Lipinski definition) is 3. The van der Waals surface area contributed by atoms with Gasteiger partial charge in [0.15, 0.2) is 5.78 Å². The van der Waals surface area contributed by atoms with Gasteiger partial charge < -0.3 is 0 Å². The van der Waals surface area contributed by atoms with Gasteiger partial charge in [0.2, 0.25) is 0 Å². The first kappa shape index (κ1) is 14.4. The second kappa shape index (κ2) is 6.50. The molecule has 1 heterocycles. The van der Waals surface area contributed by atoms with Crippen LogP contribution in [-0.4, -0.2) is 23.3 Å². The number of carbonyl (C=O) groups excluding carboxylic acids is 1. The highest BCUT2D eigenvalue weighted by atomic mass is 32.1. The van der Waals surface area contributed by atoms with E-state index in [-0.39, 0.29) is 11.3 Å². The zero-order valence-electron chi connectivity index (χ0n) is 11.8. The fourth-order valence-electron chi connectivity index (χ4n) is 2.50. The van der Waals surface area contributed by atoms with Gasteiger partial charge in [-0.3, -0.25) is 9.69 Å². The fourth-order valence-corrected chi connectivity index (χ4v) is 3.23. The van der Waals surface area contributed by atoms with E-state index >= 15 is 0 Å². The number of nitrogens with zero attached hydrogens (tertiary/aromatic N) is 1. The second-order valence-electron chi connectivity index (χ2n) is 5.43. The quantitative estimate of drug-likeness (QED) is 0.717. The first-order valence-corrected chi connectivity index (χ1v) is 8.16. The van der Waals surface area contributed by atoms with Crippen LogP contribution in [0.3, 0.4) is 0 Å². The molecule has 1 aliphatic rings. The minimum Gasteiger partial charge on any atom is -0.295 e. The summed E-state index contributed by atoms with van der Waals surface area (Å²) in [5, 5.41) is 2.07. The van der Waals surface area contributed by atoms with E-state index in [4.69, 9.17) is 0 Å². The van der Waals surface area contributed by atoms with E-state index in [1.807, 2.05) is 0 Å². The van der Waals surface area contributed by atoms with E-state index in [1.165, 1.54) is 23.8 Å². The van der Waals surface area contributed by atoms with Gasteiger partial charge in [0.1, 0.15) is 5.82 Å². The molecule has 1 aromatic carbocycles. The van der Waals surface area contributed by atoms with E-state index in [0.29, 0.717) is 19.0 Å². The van der Waals surface area contributed by atoms with Gasteiger partial charge in [0.25, 0.3) is 0 Å². The molecule has 0 atom stereocenters. The summed E-state index contributed by atoms with van der Waals surface area (Å²) in [7, 11) is 0. The summed E-state index contributed by atoms with van der Waals surface area (Å²) in [6.07, 6.45) is 2.79. The molecule has 2 nitrogen and oxygen atoms in total. The van der Waals surface area contributed by atoms with Crippen LogP contribution >= 0.6 is 11.3 Å². The Hall–Kier alpha value is -1.52. The maximum Gasteiger partial charge on any atom is 0.167 e. The Morgan fingerprint density at radius 1 is 1.24 bits per heavy atom.